The standard InChI is InChI=1S/C29H29N3O2S2/c1-32(27-16-21(18-36-27)26-10-5-15-35-26)29(34)24-8-4-7-23(24)28(33)31-17-19-11-13-20(14-12-19)22-6-2-3-9-25(22)30/h2-3,5-6,9-16,18,23-24H,4,7-8,17,30H2,1H3,(H,31,33). The maximum atomic E-state index is 13.4. The van der Waals surface area contributed by atoms with Crippen molar-refractivity contribution in [2.24, 2.45) is 11.8 Å². The molecule has 7 heteroatoms. The normalized spacial score (nSPS) is 17.1. The molecule has 2 aromatic heterocycles. The van der Waals surface area contributed by atoms with E-state index in [0.717, 1.165) is 52.2 Å². The first-order chi connectivity index (χ1) is 17.5. The minimum Gasteiger partial charge on any atom is -0.398 e. The molecule has 0 spiro atoms. The monoisotopic (exact) mass is 515 g/mol. The molecule has 2 amide bonds. The van der Waals surface area contributed by atoms with E-state index >= 15 is 0 Å². The fraction of sp³-hybridized carbons (Fsp3) is 0.241. The van der Waals surface area contributed by atoms with Crippen LogP contribution in [0.2, 0.25) is 0 Å². The average molecular weight is 516 g/mol. The van der Waals surface area contributed by atoms with Crippen molar-refractivity contribution in [2.45, 2.75) is 25.8 Å². The highest BCUT2D eigenvalue weighted by Crippen LogP contribution is 2.37. The van der Waals surface area contributed by atoms with E-state index in [-0.39, 0.29) is 23.7 Å². The third kappa shape index (κ3) is 5.08. The molecule has 0 saturated heterocycles. The lowest BCUT2D eigenvalue weighted by molar-refractivity contribution is -0.132. The first-order valence-corrected chi connectivity index (χ1v) is 13.9. The second-order valence-electron chi connectivity index (χ2n) is 9.19. The number of hydrogen-bond acceptors (Lipinski definition) is 5. The number of nitrogens with zero attached hydrogens (tertiary/aromatic N) is 1. The van der Waals surface area contributed by atoms with Crippen molar-refractivity contribution in [2.75, 3.05) is 17.7 Å². The summed E-state index contributed by atoms with van der Waals surface area (Å²) in [5, 5.41) is 8.11. The number of amides is 2. The topological polar surface area (TPSA) is 75.4 Å². The van der Waals surface area contributed by atoms with Crippen LogP contribution in [0, 0.1) is 11.8 Å². The highest BCUT2D eigenvalue weighted by atomic mass is 32.1. The molecule has 2 heterocycles. The SMILES string of the molecule is CN(C(=O)C1CCCC1C(=O)NCc1ccc(-c2ccccc2N)cc1)c1cc(-c2cccs2)cs1. The van der Waals surface area contributed by atoms with Gasteiger partial charge in [0.05, 0.1) is 10.9 Å². The van der Waals surface area contributed by atoms with Crippen LogP contribution >= 0.6 is 22.7 Å². The Kier molecular flexibility index (Phi) is 7.20. The van der Waals surface area contributed by atoms with E-state index < -0.39 is 0 Å². The molecule has 1 saturated carbocycles. The fourth-order valence-electron chi connectivity index (χ4n) is 4.88. The van der Waals surface area contributed by atoms with E-state index in [1.165, 1.54) is 4.88 Å². The van der Waals surface area contributed by atoms with Gasteiger partial charge in [0, 0.05) is 46.6 Å². The van der Waals surface area contributed by atoms with Gasteiger partial charge in [-0.05, 0) is 47.5 Å². The van der Waals surface area contributed by atoms with Crippen LogP contribution < -0.4 is 16.0 Å². The second kappa shape index (κ2) is 10.7. The largest absolute Gasteiger partial charge is 0.398 e. The van der Waals surface area contributed by atoms with Crippen molar-refractivity contribution < 1.29 is 9.59 Å². The third-order valence-corrected chi connectivity index (χ3v) is 8.84. The van der Waals surface area contributed by atoms with Gasteiger partial charge in [0.1, 0.15) is 0 Å². The number of carbonyl (C=O) groups excluding carboxylic acids is 2. The second-order valence-corrected chi connectivity index (χ2v) is 11.0. The minimum atomic E-state index is -0.292. The Morgan fingerprint density at radius 2 is 1.75 bits per heavy atom. The molecule has 0 aliphatic heterocycles. The molecule has 5 nitrogen and oxygen atoms in total. The molecule has 1 fully saturated rings. The number of para-hydroxylation sites is 1. The Balaban J connectivity index is 1.20. The maximum Gasteiger partial charge on any atom is 0.231 e. The summed E-state index contributed by atoms with van der Waals surface area (Å²) in [4.78, 5) is 29.4. The lowest BCUT2D eigenvalue weighted by atomic mass is 9.93. The van der Waals surface area contributed by atoms with E-state index in [2.05, 4.69) is 28.2 Å². The molecule has 36 heavy (non-hydrogen) atoms. The number of benzene rings is 2. The number of thiophene rings is 2. The van der Waals surface area contributed by atoms with Gasteiger partial charge in [-0.3, -0.25) is 9.59 Å². The Morgan fingerprint density at radius 3 is 2.50 bits per heavy atom. The van der Waals surface area contributed by atoms with Crippen LogP contribution in [0.15, 0.2) is 77.5 Å². The Labute approximate surface area is 219 Å². The fourth-order valence-corrected chi connectivity index (χ4v) is 6.56. The predicted molar refractivity (Wildman–Crippen MR) is 150 cm³/mol. The summed E-state index contributed by atoms with van der Waals surface area (Å²) in [6.07, 6.45) is 2.38. The van der Waals surface area contributed by atoms with E-state index in [9.17, 15) is 9.59 Å². The number of rotatable bonds is 7. The first kappa shape index (κ1) is 24.3. The molecule has 2 aromatic carbocycles. The van der Waals surface area contributed by atoms with Crippen molar-refractivity contribution >= 4 is 45.2 Å². The van der Waals surface area contributed by atoms with Gasteiger partial charge < -0.3 is 16.0 Å². The summed E-state index contributed by atoms with van der Waals surface area (Å²) < 4.78 is 0. The summed E-state index contributed by atoms with van der Waals surface area (Å²) in [6.45, 7) is 0.436. The molecule has 0 bridgehead atoms. The van der Waals surface area contributed by atoms with Crippen LogP contribution in [0.1, 0.15) is 24.8 Å². The van der Waals surface area contributed by atoms with Gasteiger partial charge in [-0.25, -0.2) is 0 Å². The van der Waals surface area contributed by atoms with E-state index in [1.54, 1.807) is 27.6 Å². The Bertz CT molecular complexity index is 1350. The van der Waals surface area contributed by atoms with Crippen molar-refractivity contribution in [3.63, 3.8) is 0 Å². The molecule has 3 N–H and O–H groups in total. The summed E-state index contributed by atoms with van der Waals surface area (Å²) in [7, 11) is 1.82. The third-order valence-electron chi connectivity index (χ3n) is 6.91. The molecule has 1 aliphatic carbocycles. The lowest BCUT2D eigenvalue weighted by Crippen LogP contribution is -2.40. The minimum absolute atomic E-state index is 0.0250. The maximum absolute atomic E-state index is 13.4. The van der Waals surface area contributed by atoms with Gasteiger partial charge in [-0.1, -0.05) is 55.0 Å². The molecule has 1 aliphatic rings. The highest BCUT2D eigenvalue weighted by Gasteiger charge is 2.39. The van der Waals surface area contributed by atoms with Gasteiger partial charge in [-0.15, -0.1) is 22.7 Å². The number of nitrogens with one attached hydrogen (secondary N) is 1. The van der Waals surface area contributed by atoms with Gasteiger partial charge in [0.15, 0.2) is 0 Å². The van der Waals surface area contributed by atoms with E-state index in [4.69, 9.17) is 5.73 Å². The number of nitrogens with two attached hydrogens (primary N) is 1. The number of anilines is 2. The average Bonchev–Trinajstić information content (AvgIpc) is 3.68. The molecular weight excluding hydrogens is 486 g/mol. The smallest absolute Gasteiger partial charge is 0.231 e. The highest BCUT2D eigenvalue weighted by molar-refractivity contribution is 7.16. The predicted octanol–water partition coefficient (Wildman–Crippen LogP) is 6.42. The van der Waals surface area contributed by atoms with Crippen LogP contribution in [-0.2, 0) is 16.1 Å². The van der Waals surface area contributed by atoms with Crippen LogP contribution in [-0.4, -0.2) is 18.9 Å². The summed E-state index contributed by atoms with van der Waals surface area (Å²) in [5.41, 5.74) is 11.0. The molecule has 2 unspecified atom stereocenters. The number of nitrogen functional groups attached to an aromatic ring is 1. The molecule has 0 radical (unpaired) electrons. The van der Waals surface area contributed by atoms with Crippen LogP contribution in [0.25, 0.3) is 21.6 Å². The summed E-state index contributed by atoms with van der Waals surface area (Å²) in [5.74, 6) is -0.594. The summed E-state index contributed by atoms with van der Waals surface area (Å²) in [6, 6.07) is 22.0. The first-order valence-electron chi connectivity index (χ1n) is 12.1. The van der Waals surface area contributed by atoms with Crippen LogP contribution in [0.3, 0.4) is 0 Å². The van der Waals surface area contributed by atoms with Gasteiger partial charge in [0.25, 0.3) is 0 Å². The van der Waals surface area contributed by atoms with Crippen molar-refractivity contribution in [3.8, 4) is 21.6 Å². The van der Waals surface area contributed by atoms with Gasteiger partial charge in [0.2, 0.25) is 11.8 Å². The van der Waals surface area contributed by atoms with E-state index in [1.807, 2.05) is 61.6 Å². The number of hydrogen-bond donors (Lipinski definition) is 2. The zero-order valence-corrected chi connectivity index (χ0v) is 21.8. The number of carbonyl (C=O) groups is 2. The molecule has 5 rings (SSSR count). The Morgan fingerprint density at radius 1 is 0.972 bits per heavy atom. The quantitative estimate of drug-likeness (QED) is 0.279. The Hall–Kier alpha value is -3.42. The van der Waals surface area contributed by atoms with Crippen LogP contribution in [0.5, 0.6) is 0 Å². The van der Waals surface area contributed by atoms with Crippen molar-refractivity contribution in [1.29, 1.82) is 0 Å². The molecule has 2 atom stereocenters. The molecule has 184 valence electrons. The van der Waals surface area contributed by atoms with Gasteiger partial charge in [-0.2, -0.15) is 0 Å². The molecule has 4 aromatic rings. The lowest BCUT2D eigenvalue weighted by Gasteiger charge is -2.24. The molecular formula is C29H29N3O2S2. The summed E-state index contributed by atoms with van der Waals surface area (Å²) >= 11 is 3.25. The zero-order valence-electron chi connectivity index (χ0n) is 20.1. The van der Waals surface area contributed by atoms with Crippen molar-refractivity contribution in [3.05, 3.63) is 83.1 Å². The van der Waals surface area contributed by atoms with E-state index in [0.29, 0.717) is 6.54 Å². The van der Waals surface area contributed by atoms with Gasteiger partial charge >= 0.3 is 0 Å². The van der Waals surface area contributed by atoms with Crippen LogP contribution in [0.4, 0.5) is 10.7 Å². The zero-order chi connectivity index (χ0) is 25.1. The van der Waals surface area contributed by atoms with Crippen molar-refractivity contribution in [1.82, 2.24) is 5.32 Å².